The van der Waals surface area contributed by atoms with E-state index in [0.29, 0.717) is 19.3 Å². The number of hydrogen-bond donors (Lipinski definition) is 3. The van der Waals surface area contributed by atoms with Gasteiger partial charge in [0.1, 0.15) is 18.7 Å². The maximum Gasteiger partial charge on any atom is 0.408 e. The predicted octanol–water partition coefficient (Wildman–Crippen LogP) is 2.70. The van der Waals surface area contributed by atoms with Crippen molar-refractivity contribution in [1.29, 1.82) is 0 Å². The van der Waals surface area contributed by atoms with Crippen LogP contribution in [0.15, 0.2) is 30.3 Å². The number of aliphatic carboxylic acids is 1. The maximum absolute atomic E-state index is 12.4. The van der Waals surface area contributed by atoms with Crippen LogP contribution in [-0.4, -0.2) is 35.2 Å². The van der Waals surface area contributed by atoms with Gasteiger partial charge >= 0.3 is 12.1 Å². The Morgan fingerprint density at radius 2 is 1.73 bits per heavy atom. The van der Waals surface area contributed by atoms with Crippen molar-refractivity contribution < 1.29 is 24.2 Å². The van der Waals surface area contributed by atoms with Crippen LogP contribution < -0.4 is 10.6 Å². The summed E-state index contributed by atoms with van der Waals surface area (Å²) < 4.78 is 5.13. The minimum Gasteiger partial charge on any atom is -0.480 e. The molecule has 0 aliphatic rings. The van der Waals surface area contributed by atoms with Gasteiger partial charge in [-0.05, 0) is 24.3 Å². The quantitative estimate of drug-likeness (QED) is 0.592. The normalized spacial score (nSPS) is 12.9. The zero-order valence-corrected chi connectivity index (χ0v) is 15.5. The number of carboxylic acid groups (broad SMARTS) is 1. The number of benzene rings is 1. The molecular weight excluding hydrogens is 336 g/mol. The molecule has 144 valence electrons. The van der Waals surface area contributed by atoms with E-state index in [1.54, 1.807) is 0 Å². The Labute approximate surface area is 154 Å². The molecule has 0 spiro atoms. The Balaban J connectivity index is 2.60. The Morgan fingerprint density at radius 3 is 2.27 bits per heavy atom. The molecule has 26 heavy (non-hydrogen) atoms. The molecule has 1 aromatic carbocycles. The van der Waals surface area contributed by atoms with Crippen LogP contribution in [0.4, 0.5) is 4.79 Å². The number of nitrogens with one attached hydrogen (secondary N) is 2. The van der Waals surface area contributed by atoms with Crippen molar-refractivity contribution >= 4 is 18.0 Å². The molecule has 2 atom stereocenters. The predicted molar refractivity (Wildman–Crippen MR) is 97.5 cm³/mol. The summed E-state index contributed by atoms with van der Waals surface area (Å²) in [5.74, 6) is -1.49. The Hall–Kier alpha value is -2.57. The van der Waals surface area contributed by atoms with Gasteiger partial charge in [-0.3, -0.25) is 4.79 Å². The molecular formula is C19H28N2O5. The summed E-state index contributed by atoms with van der Waals surface area (Å²) in [5, 5.41) is 14.3. The average molecular weight is 364 g/mol. The average Bonchev–Trinajstić information content (AvgIpc) is 2.59. The van der Waals surface area contributed by atoms with Crippen molar-refractivity contribution in [2.75, 3.05) is 0 Å². The molecule has 1 rings (SSSR count). The number of carbonyl (C=O) groups is 3. The molecule has 2 amide bonds. The fourth-order valence-corrected chi connectivity index (χ4v) is 2.43. The minimum absolute atomic E-state index is 0.0955. The summed E-state index contributed by atoms with van der Waals surface area (Å²) in [4.78, 5) is 35.7. The standard InChI is InChI=1S/C19H28N2O5/c1-4-8-15(17(22)20-16(18(23)24)11-13(2)3)21-19(25)26-12-14-9-6-5-7-10-14/h5-7,9-10,13,15-16H,4,8,11-12H2,1-3H3,(H,20,22)(H,21,25)(H,23,24)/t15-,16+/m1/s1. The molecule has 0 aliphatic heterocycles. The van der Waals surface area contributed by atoms with E-state index in [9.17, 15) is 19.5 Å². The Kier molecular flexibility index (Phi) is 9.19. The molecule has 0 unspecified atom stereocenters. The molecule has 1 aromatic rings. The number of alkyl carbamates (subject to hydrolysis) is 1. The van der Waals surface area contributed by atoms with E-state index in [1.165, 1.54) is 0 Å². The van der Waals surface area contributed by atoms with Crippen molar-refractivity contribution in [2.45, 2.75) is 58.7 Å². The van der Waals surface area contributed by atoms with Crippen LogP contribution >= 0.6 is 0 Å². The van der Waals surface area contributed by atoms with Crippen molar-refractivity contribution in [1.82, 2.24) is 10.6 Å². The molecule has 0 bridgehead atoms. The number of amides is 2. The third kappa shape index (κ3) is 8.00. The number of carbonyl (C=O) groups excluding carboxylic acids is 2. The first kappa shape index (κ1) is 21.5. The summed E-state index contributed by atoms with van der Waals surface area (Å²) in [5.41, 5.74) is 0.835. The van der Waals surface area contributed by atoms with Gasteiger partial charge in [0, 0.05) is 0 Å². The van der Waals surface area contributed by atoms with Crippen LogP contribution in [0.2, 0.25) is 0 Å². The molecule has 0 saturated heterocycles. The molecule has 0 fully saturated rings. The Morgan fingerprint density at radius 1 is 1.08 bits per heavy atom. The van der Waals surface area contributed by atoms with Crippen molar-refractivity contribution in [2.24, 2.45) is 5.92 Å². The first-order chi connectivity index (χ1) is 12.3. The fraction of sp³-hybridized carbons (Fsp3) is 0.526. The number of ether oxygens (including phenoxy) is 1. The summed E-state index contributed by atoms with van der Waals surface area (Å²) in [6, 6.07) is 7.37. The highest BCUT2D eigenvalue weighted by Crippen LogP contribution is 2.07. The summed E-state index contributed by atoms with van der Waals surface area (Å²) in [6.45, 7) is 5.73. The summed E-state index contributed by atoms with van der Waals surface area (Å²) >= 11 is 0. The third-order valence-electron chi connectivity index (χ3n) is 3.72. The first-order valence-corrected chi connectivity index (χ1v) is 8.83. The number of carboxylic acids is 1. The van der Waals surface area contributed by atoms with Gasteiger partial charge < -0.3 is 20.5 Å². The third-order valence-corrected chi connectivity index (χ3v) is 3.72. The van der Waals surface area contributed by atoms with E-state index >= 15 is 0 Å². The van der Waals surface area contributed by atoms with Gasteiger partial charge in [0.05, 0.1) is 0 Å². The van der Waals surface area contributed by atoms with E-state index in [0.717, 1.165) is 5.56 Å². The fourth-order valence-electron chi connectivity index (χ4n) is 2.43. The van der Waals surface area contributed by atoms with Gasteiger partial charge in [0.2, 0.25) is 5.91 Å². The van der Waals surface area contributed by atoms with Gasteiger partial charge in [0.15, 0.2) is 0 Å². The van der Waals surface area contributed by atoms with Gasteiger partial charge in [0.25, 0.3) is 0 Å². The van der Waals surface area contributed by atoms with Gasteiger partial charge in [-0.15, -0.1) is 0 Å². The van der Waals surface area contributed by atoms with E-state index in [4.69, 9.17) is 4.74 Å². The summed E-state index contributed by atoms with van der Waals surface area (Å²) in [7, 11) is 0. The lowest BCUT2D eigenvalue weighted by atomic mass is 10.0. The summed E-state index contributed by atoms with van der Waals surface area (Å²) in [6.07, 6.45) is 0.649. The van der Waals surface area contributed by atoms with E-state index < -0.39 is 30.1 Å². The van der Waals surface area contributed by atoms with Crippen LogP contribution in [0.1, 0.15) is 45.6 Å². The van der Waals surface area contributed by atoms with Crippen LogP contribution in [0.5, 0.6) is 0 Å². The maximum atomic E-state index is 12.4. The highest BCUT2D eigenvalue weighted by molar-refractivity contribution is 5.89. The SMILES string of the molecule is CCC[C@@H](NC(=O)OCc1ccccc1)C(=O)N[C@@H](CC(C)C)C(=O)O. The highest BCUT2D eigenvalue weighted by atomic mass is 16.5. The lowest BCUT2D eigenvalue weighted by Crippen LogP contribution is -2.51. The van der Waals surface area contributed by atoms with Crippen molar-refractivity contribution in [3.8, 4) is 0 Å². The van der Waals surface area contributed by atoms with E-state index in [-0.39, 0.29) is 12.5 Å². The zero-order chi connectivity index (χ0) is 19.5. The van der Waals surface area contributed by atoms with Crippen LogP contribution in [0.3, 0.4) is 0 Å². The minimum atomic E-state index is -1.09. The van der Waals surface area contributed by atoms with Crippen molar-refractivity contribution in [3.63, 3.8) is 0 Å². The monoisotopic (exact) mass is 364 g/mol. The van der Waals surface area contributed by atoms with Gasteiger partial charge in [-0.25, -0.2) is 9.59 Å². The largest absolute Gasteiger partial charge is 0.480 e. The van der Waals surface area contributed by atoms with E-state index in [1.807, 2.05) is 51.1 Å². The lowest BCUT2D eigenvalue weighted by molar-refractivity contribution is -0.142. The second kappa shape index (κ2) is 11.1. The second-order valence-electron chi connectivity index (χ2n) is 6.58. The smallest absolute Gasteiger partial charge is 0.408 e. The Bertz CT molecular complexity index is 589. The topological polar surface area (TPSA) is 105 Å². The van der Waals surface area contributed by atoms with Crippen molar-refractivity contribution in [3.05, 3.63) is 35.9 Å². The number of rotatable bonds is 10. The van der Waals surface area contributed by atoms with Crippen LogP contribution in [0.25, 0.3) is 0 Å². The number of hydrogen-bond acceptors (Lipinski definition) is 4. The molecule has 0 saturated carbocycles. The molecule has 7 heteroatoms. The zero-order valence-electron chi connectivity index (χ0n) is 15.5. The van der Waals surface area contributed by atoms with Gasteiger partial charge in [-0.2, -0.15) is 0 Å². The molecule has 0 heterocycles. The van der Waals surface area contributed by atoms with Gasteiger partial charge in [-0.1, -0.05) is 57.5 Å². The van der Waals surface area contributed by atoms with E-state index in [2.05, 4.69) is 10.6 Å². The lowest BCUT2D eigenvalue weighted by Gasteiger charge is -2.22. The molecule has 0 radical (unpaired) electrons. The molecule has 0 aromatic heterocycles. The first-order valence-electron chi connectivity index (χ1n) is 8.83. The van der Waals surface area contributed by atoms with Crippen LogP contribution in [0, 0.1) is 5.92 Å². The highest BCUT2D eigenvalue weighted by Gasteiger charge is 2.26. The molecule has 0 aliphatic carbocycles. The molecule has 7 nitrogen and oxygen atoms in total. The second-order valence-corrected chi connectivity index (χ2v) is 6.58. The van der Waals surface area contributed by atoms with Crippen LogP contribution in [-0.2, 0) is 20.9 Å². The molecule has 3 N–H and O–H groups in total.